The molecule has 0 unspecified atom stereocenters. The first kappa shape index (κ1) is 26.3. The molecule has 0 bridgehead atoms. The van der Waals surface area contributed by atoms with Crippen LogP contribution in [0, 0.1) is 6.92 Å². The summed E-state index contributed by atoms with van der Waals surface area (Å²) in [7, 11) is 0. The van der Waals surface area contributed by atoms with E-state index in [1.165, 1.54) is 11.1 Å². The Hall–Kier alpha value is -3.91. The summed E-state index contributed by atoms with van der Waals surface area (Å²) in [5.41, 5.74) is 5.60. The standard InChI is InChI=1S/C32H28ClN3O3S/c1-21-34-29-19-26(11-13-31(29)40-21)39-30-18-25(10-12-28(30)32(37)38)36-16-14-35(15-17-36)20-23-4-2-3-5-27(23)22-6-8-24(33)9-7-22/h2-13,18-19H,14-17,20H2,1H3,(H,37,38). The number of carboxylic acid groups (broad SMARTS) is 1. The van der Waals surface area contributed by atoms with Gasteiger partial charge in [-0.05, 0) is 60.0 Å². The van der Waals surface area contributed by atoms with Crippen molar-refractivity contribution in [3.63, 3.8) is 0 Å². The van der Waals surface area contributed by atoms with Gasteiger partial charge in [-0.2, -0.15) is 0 Å². The minimum Gasteiger partial charge on any atom is -0.478 e. The van der Waals surface area contributed by atoms with E-state index in [4.69, 9.17) is 16.3 Å². The monoisotopic (exact) mass is 569 g/mol. The van der Waals surface area contributed by atoms with Crippen molar-refractivity contribution in [2.24, 2.45) is 0 Å². The minimum absolute atomic E-state index is 0.135. The maximum Gasteiger partial charge on any atom is 0.339 e. The highest BCUT2D eigenvalue weighted by molar-refractivity contribution is 7.18. The molecule has 40 heavy (non-hydrogen) atoms. The quantitative estimate of drug-likeness (QED) is 0.216. The molecule has 1 N–H and O–H groups in total. The molecule has 0 spiro atoms. The molecule has 0 aliphatic carbocycles. The van der Waals surface area contributed by atoms with E-state index >= 15 is 0 Å². The van der Waals surface area contributed by atoms with Gasteiger partial charge in [-0.3, -0.25) is 4.90 Å². The maximum atomic E-state index is 12.0. The first-order chi connectivity index (χ1) is 19.4. The van der Waals surface area contributed by atoms with Gasteiger partial charge in [-0.15, -0.1) is 11.3 Å². The molecule has 5 aromatic rings. The normalized spacial score (nSPS) is 14.0. The number of aryl methyl sites for hydroxylation is 1. The number of anilines is 1. The highest BCUT2D eigenvalue weighted by Crippen LogP contribution is 2.33. The van der Waals surface area contributed by atoms with Crippen molar-refractivity contribution in [2.45, 2.75) is 13.5 Å². The van der Waals surface area contributed by atoms with Crippen molar-refractivity contribution in [3.05, 3.63) is 106 Å². The maximum absolute atomic E-state index is 12.0. The van der Waals surface area contributed by atoms with E-state index in [1.807, 2.05) is 49.4 Å². The molecular formula is C32H28ClN3O3S. The molecular weight excluding hydrogens is 542 g/mol. The van der Waals surface area contributed by atoms with Crippen LogP contribution in [-0.4, -0.2) is 47.1 Å². The number of carboxylic acids is 1. The second-order valence-corrected chi connectivity index (χ2v) is 11.5. The van der Waals surface area contributed by atoms with E-state index in [0.29, 0.717) is 11.5 Å². The van der Waals surface area contributed by atoms with Crippen molar-refractivity contribution in [3.8, 4) is 22.6 Å². The number of ether oxygens (including phenoxy) is 1. The second kappa shape index (κ2) is 11.3. The highest BCUT2D eigenvalue weighted by Gasteiger charge is 2.21. The Labute approximate surface area is 242 Å². The van der Waals surface area contributed by atoms with Crippen LogP contribution < -0.4 is 9.64 Å². The Morgan fingerprint density at radius 3 is 2.52 bits per heavy atom. The van der Waals surface area contributed by atoms with E-state index in [1.54, 1.807) is 17.4 Å². The Bertz CT molecular complexity index is 1680. The van der Waals surface area contributed by atoms with Gasteiger partial charge in [0, 0.05) is 55.6 Å². The summed E-state index contributed by atoms with van der Waals surface area (Å²) in [4.78, 5) is 21.2. The van der Waals surface area contributed by atoms with Crippen LogP contribution in [0.25, 0.3) is 21.3 Å². The number of benzene rings is 4. The number of rotatable bonds is 7. The SMILES string of the molecule is Cc1nc2cc(Oc3cc(N4CCN(Cc5ccccc5-c5ccc(Cl)cc5)CC4)ccc3C(=O)O)ccc2s1. The van der Waals surface area contributed by atoms with E-state index in [-0.39, 0.29) is 5.56 Å². The van der Waals surface area contributed by atoms with Crippen molar-refractivity contribution in [1.82, 2.24) is 9.88 Å². The molecule has 6 rings (SSSR count). The molecule has 0 amide bonds. The molecule has 1 aliphatic rings. The number of piperazine rings is 1. The summed E-state index contributed by atoms with van der Waals surface area (Å²) >= 11 is 7.72. The number of thiazole rings is 1. The summed E-state index contributed by atoms with van der Waals surface area (Å²) in [6, 6.07) is 27.5. The Morgan fingerprint density at radius 1 is 0.975 bits per heavy atom. The lowest BCUT2D eigenvalue weighted by Crippen LogP contribution is -2.46. The van der Waals surface area contributed by atoms with Gasteiger partial charge in [0.2, 0.25) is 0 Å². The number of aromatic nitrogens is 1. The molecule has 1 aliphatic heterocycles. The summed E-state index contributed by atoms with van der Waals surface area (Å²) in [5, 5.41) is 11.5. The van der Waals surface area contributed by atoms with Gasteiger partial charge >= 0.3 is 5.97 Å². The zero-order valence-electron chi connectivity index (χ0n) is 22.0. The second-order valence-electron chi connectivity index (χ2n) is 9.88. The van der Waals surface area contributed by atoms with Crippen molar-refractivity contribution in [1.29, 1.82) is 0 Å². The van der Waals surface area contributed by atoms with Crippen LogP contribution in [0.3, 0.4) is 0 Å². The molecule has 0 saturated carbocycles. The molecule has 8 heteroatoms. The van der Waals surface area contributed by atoms with Crippen molar-refractivity contribution >= 4 is 44.8 Å². The zero-order valence-corrected chi connectivity index (χ0v) is 23.6. The number of nitrogens with zero attached hydrogens (tertiary/aromatic N) is 3. The van der Waals surface area contributed by atoms with Gasteiger partial charge in [-0.1, -0.05) is 48.0 Å². The third-order valence-electron chi connectivity index (χ3n) is 7.19. The summed E-state index contributed by atoms with van der Waals surface area (Å²) in [6.07, 6.45) is 0. The van der Waals surface area contributed by atoms with E-state index in [2.05, 4.69) is 51.2 Å². The third kappa shape index (κ3) is 5.68. The van der Waals surface area contributed by atoms with Crippen LogP contribution in [0.4, 0.5) is 5.69 Å². The molecule has 1 fully saturated rings. The summed E-state index contributed by atoms with van der Waals surface area (Å²) in [5.74, 6) is -0.117. The van der Waals surface area contributed by atoms with Gasteiger partial charge in [0.15, 0.2) is 0 Å². The number of hydrogen-bond donors (Lipinski definition) is 1. The number of halogens is 1. The molecule has 1 saturated heterocycles. The zero-order chi connectivity index (χ0) is 27.6. The Balaban J connectivity index is 1.16. The molecule has 0 atom stereocenters. The Morgan fingerprint density at radius 2 is 1.75 bits per heavy atom. The number of hydrogen-bond acceptors (Lipinski definition) is 6. The van der Waals surface area contributed by atoms with Crippen LogP contribution in [0.5, 0.6) is 11.5 Å². The van der Waals surface area contributed by atoms with E-state index in [9.17, 15) is 9.90 Å². The van der Waals surface area contributed by atoms with Crippen LogP contribution in [0.1, 0.15) is 20.9 Å². The average Bonchev–Trinajstić information content (AvgIpc) is 3.33. The molecule has 4 aromatic carbocycles. The van der Waals surface area contributed by atoms with E-state index < -0.39 is 5.97 Å². The smallest absolute Gasteiger partial charge is 0.339 e. The molecule has 6 nitrogen and oxygen atoms in total. The number of aromatic carboxylic acids is 1. The first-order valence-corrected chi connectivity index (χ1v) is 14.4. The highest BCUT2D eigenvalue weighted by atomic mass is 35.5. The predicted molar refractivity (Wildman–Crippen MR) is 162 cm³/mol. The molecule has 0 radical (unpaired) electrons. The average molecular weight is 570 g/mol. The summed E-state index contributed by atoms with van der Waals surface area (Å²) < 4.78 is 7.20. The van der Waals surface area contributed by atoms with Crippen molar-refractivity contribution in [2.75, 3.05) is 31.1 Å². The molecule has 1 aromatic heterocycles. The number of carbonyl (C=O) groups is 1. The minimum atomic E-state index is -1.02. The summed E-state index contributed by atoms with van der Waals surface area (Å²) in [6.45, 7) is 6.28. The van der Waals surface area contributed by atoms with Crippen molar-refractivity contribution < 1.29 is 14.6 Å². The van der Waals surface area contributed by atoms with E-state index in [0.717, 1.165) is 64.2 Å². The lowest BCUT2D eigenvalue weighted by molar-refractivity contribution is 0.0694. The lowest BCUT2D eigenvalue weighted by atomic mass is 9.99. The van der Waals surface area contributed by atoms with Gasteiger partial charge in [0.1, 0.15) is 17.1 Å². The fraction of sp³-hybridized carbons (Fsp3) is 0.188. The third-order valence-corrected chi connectivity index (χ3v) is 8.40. The fourth-order valence-electron chi connectivity index (χ4n) is 5.16. The molecule has 2 heterocycles. The van der Waals surface area contributed by atoms with Crippen LogP contribution >= 0.6 is 22.9 Å². The van der Waals surface area contributed by atoms with Gasteiger partial charge in [-0.25, -0.2) is 9.78 Å². The predicted octanol–water partition coefficient (Wildman–Crippen LogP) is 7.74. The fourth-order valence-corrected chi connectivity index (χ4v) is 6.09. The van der Waals surface area contributed by atoms with Crippen LogP contribution in [-0.2, 0) is 6.54 Å². The lowest BCUT2D eigenvalue weighted by Gasteiger charge is -2.36. The largest absolute Gasteiger partial charge is 0.478 e. The number of fused-ring (bicyclic) bond motifs is 1. The van der Waals surface area contributed by atoms with Crippen LogP contribution in [0.2, 0.25) is 5.02 Å². The van der Waals surface area contributed by atoms with Gasteiger partial charge in [0.05, 0.1) is 15.2 Å². The Kier molecular flexibility index (Phi) is 7.43. The topological polar surface area (TPSA) is 65.9 Å². The van der Waals surface area contributed by atoms with Gasteiger partial charge < -0.3 is 14.7 Å². The first-order valence-electron chi connectivity index (χ1n) is 13.2. The van der Waals surface area contributed by atoms with Gasteiger partial charge in [0.25, 0.3) is 0 Å². The van der Waals surface area contributed by atoms with Crippen LogP contribution in [0.15, 0.2) is 84.9 Å². The molecule has 202 valence electrons.